The van der Waals surface area contributed by atoms with Gasteiger partial charge >= 0.3 is 12.1 Å². The summed E-state index contributed by atoms with van der Waals surface area (Å²) in [6.45, 7) is -0.714. The molecule has 134 valence electrons. The minimum atomic E-state index is -4.58. The maximum absolute atomic E-state index is 12.7. The molecule has 0 aliphatic carbocycles. The Hall–Kier alpha value is -2.07. The predicted molar refractivity (Wildman–Crippen MR) is 86.3 cm³/mol. The number of ether oxygens (including phenoxy) is 1. The van der Waals surface area contributed by atoms with E-state index >= 15 is 0 Å². The number of benzene rings is 1. The molecule has 0 radical (unpaired) electrons. The molecule has 0 atom stereocenters. The molecule has 0 fully saturated rings. The van der Waals surface area contributed by atoms with Crippen molar-refractivity contribution < 1.29 is 27.5 Å². The number of nitrogens with zero attached hydrogens (tertiary/aromatic N) is 2. The molecule has 2 rings (SSSR count). The number of carbonyl (C=O) groups is 2. The summed E-state index contributed by atoms with van der Waals surface area (Å²) in [5.41, 5.74) is -1.24. The largest absolute Gasteiger partial charge is 0.451 e. The molecule has 0 aliphatic heterocycles. The number of halogens is 5. The van der Waals surface area contributed by atoms with Crippen LogP contribution in [0.2, 0.25) is 5.02 Å². The van der Waals surface area contributed by atoms with Gasteiger partial charge in [0.1, 0.15) is 0 Å². The fourth-order valence-electron chi connectivity index (χ4n) is 1.78. The summed E-state index contributed by atoms with van der Waals surface area (Å²) in [5.74, 6) is -1.71. The molecule has 0 saturated heterocycles. The van der Waals surface area contributed by atoms with E-state index in [0.717, 1.165) is 12.1 Å². The van der Waals surface area contributed by atoms with Gasteiger partial charge in [0.25, 0.3) is 5.91 Å². The SMILES string of the molecule is Cn1cc(Br)c(C(=O)OCC(=O)Nc2cc(C(F)(F)F)ccc2Cl)n1. The molecule has 1 aromatic heterocycles. The molecule has 11 heteroatoms. The number of amides is 1. The first-order chi connectivity index (χ1) is 11.6. The van der Waals surface area contributed by atoms with E-state index < -0.39 is 30.2 Å². The second-order valence-corrected chi connectivity index (χ2v) is 6.08. The number of nitrogens with one attached hydrogen (secondary N) is 1. The van der Waals surface area contributed by atoms with Gasteiger partial charge in [-0.2, -0.15) is 18.3 Å². The molecule has 1 amide bonds. The van der Waals surface area contributed by atoms with Crippen molar-refractivity contribution in [1.29, 1.82) is 0 Å². The Morgan fingerprint density at radius 2 is 2.08 bits per heavy atom. The lowest BCUT2D eigenvalue weighted by Crippen LogP contribution is -2.21. The Bertz CT molecular complexity index is 823. The van der Waals surface area contributed by atoms with E-state index in [2.05, 4.69) is 26.3 Å². The summed E-state index contributed by atoms with van der Waals surface area (Å²) < 4.78 is 44.6. The van der Waals surface area contributed by atoms with E-state index in [1.165, 1.54) is 10.9 Å². The number of esters is 1. The molecule has 0 saturated carbocycles. The number of aromatic nitrogens is 2. The van der Waals surface area contributed by atoms with Gasteiger partial charge in [-0.05, 0) is 34.1 Å². The number of alkyl halides is 3. The van der Waals surface area contributed by atoms with Crippen LogP contribution in [-0.2, 0) is 22.8 Å². The lowest BCUT2D eigenvalue weighted by Gasteiger charge is -2.11. The summed E-state index contributed by atoms with van der Waals surface area (Å²) in [6, 6.07) is 2.49. The molecular weight excluding hydrogens is 431 g/mol. The Kier molecular flexibility index (Phi) is 5.73. The molecule has 0 spiro atoms. The highest BCUT2D eigenvalue weighted by Gasteiger charge is 2.31. The molecule has 1 heterocycles. The van der Waals surface area contributed by atoms with Crippen molar-refractivity contribution in [3.63, 3.8) is 0 Å². The van der Waals surface area contributed by atoms with Crippen LogP contribution in [0.15, 0.2) is 28.9 Å². The van der Waals surface area contributed by atoms with Crippen molar-refractivity contribution in [2.75, 3.05) is 11.9 Å². The van der Waals surface area contributed by atoms with Gasteiger partial charge in [0.15, 0.2) is 12.3 Å². The Morgan fingerprint density at radius 3 is 2.64 bits per heavy atom. The maximum atomic E-state index is 12.7. The van der Waals surface area contributed by atoms with Crippen LogP contribution < -0.4 is 5.32 Å². The molecule has 2 aromatic rings. The first-order valence-electron chi connectivity index (χ1n) is 6.61. The average molecular weight is 441 g/mol. The van der Waals surface area contributed by atoms with Crippen LogP contribution in [0.25, 0.3) is 0 Å². The van der Waals surface area contributed by atoms with Crippen molar-refractivity contribution in [2.24, 2.45) is 7.05 Å². The van der Waals surface area contributed by atoms with E-state index in [1.54, 1.807) is 7.05 Å². The molecule has 6 nitrogen and oxygen atoms in total. The fraction of sp³-hybridized carbons (Fsp3) is 0.214. The quantitative estimate of drug-likeness (QED) is 0.737. The smallest absolute Gasteiger partial charge is 0.416 e. The zero-order valence-corrected chi connectivity index (χ0v) is 14.9. The molecule has 1 aromatic carbocycles. The summed E-state index contributed by atoms with van der Waals surface area (Å²) in [7, 11) is 1.59. The predicted octanol–water partition coefficient (Wildman–Crippen LogP) is 3.65. The van der Waals surface area contributed by atoms with Crippen molar-refractivity contribution in [2.45, 2.75) is 6.18 Å². The molecule has 0 unspecified atom stereocenters. The molecule has 25 heavy (non-hydrogen) atoms. The molecule has 0 aliphatic rings. The topological polar surface area (TPSA) is 73.2 Å². The van der Waals surface area contributed by atoms with Gasteiger partial charge in [0, 0.05) is 13.2 Å². The van der Waals surface area contributed by atoms with Crippen LogP contribution in [0.5, 0.6) is 0 Å². The van der Waals surface area contributed by atoms with Crippen LogP contribution in [0.3, 0.4) is 0 Å². The van der Waals surface area contributed by atoms with Gasteiger partial charge in [-0.15, -0.1) is 0 Å². The Morgan fingerprint density at radius 1 is 1.40 bits per heavy atom. The minimum Gasteiger partial charge on any atom is -0.451 e. The number of hydrogen-bond acceptors (Lipinski definition) is 4. The number of rotatable bonds is 4. The van der Waals surface area contributed by atoms with E-state index in [4.69, 9.17) is 16.3 Å². The van der Waals surface area contributed by atoms with E-state index in [9.17, 15) is 22.8 Å². The number of anilines is 1. The highest BCUT2D eigenvalue weighted by molar-refractivity contribution is 9.10. The first kappa shape index (κ1) is 19.3. The first-order valence-corrected chi connectivity index (χ1v) is 7.78. The second kappa shape index (κ2) is 7.44. The van der Waals surface area contributed by atoms with Crippen LogP contribution in [0, 0.1) is 0 Å². The Labute approximate surface area is 153 Å². The van der Waals surface area contributed by atoms with E-state index in [1.807, 2.05) is 0 Å². The zero-order valence-electron chi connectivity index (χ0n) is 12.5. The number of hydrogen-bond donors (Lipinski definition) is 1. The third-order valence-electron chi connectivity index (χ3n) is 2.88. The molecular formula is C14H10BrClF3N3O3. The Balaban J connectivity index is 2.01. The lowest BCUT2D eigenvalue weighted by molar-refractivity contribution is -0.137. The molecule has 0 bridgehead atoms. The standard InChI is InChI=1S/C14H10BrClF3N3O3/c1-22-5-8(15)12(21-22)13(24)25-6-11(23)20-10-4-7(14(17,18)19)2-3-9(10)16/h2-5H,6H2,1H3,(H,20,23). The van der Waals surface area contributed by atoms with Crippen molar-refractivity contribution in [1.82, 2.24) is 9.78 Å². The summed E-state index contributed by atoms with van der Waals surface area (Å²) in [5, 5.41) is 5.92. The van der Waals surface area contributed by atoms with Crippen LogP contribution >= 0.6 is 27.5 Å². The zero-order chi connectivity index (χ0) is 18.8. The third-order valence-corrected chi connectivity index (χ3v) is 3.79. The number of carbonyl (C=O) groups excluding carboxylic acids is 2. The molecule has 1 N–H and O–H groups in total. The summed E-state index contributed by atoms with van der Waals surface area (Å²) in [6.07, 6.45) is -3.07. The van der Waals surface area contributed by atoms with E-state index in [-0.39, 0.29) is 16.4 Å². The normalized spacial score (nSPS) is 11.3. The summed E-state index contributed by atoms with van der Waals surface area (Å²) in [4.78, 5) is 23.6. The lowest BCUT2D eigenvalue weighted by atomic mass is 10.2. The van der Waals surface area contributed by atoms with Crippen molar-refractivity contribution in [3.05, 3.63) is 45.1 Å². The average Bonchev–Trinajstić information content (AvgIpc) is 2.84. The van der Waals surface area contributed by atoms with Crippen molar-refractivity contribution >= 4 is 45.1 Å². The van der Waals surface area contributed by atoms with Crippen LogP contribution in [-0.4, -0.2) is 28.3 Å². The van der Waals surface area contributed by atoms with Crippen LogP contribution in [0.1, 0.15) is 16.1 Å². The third kappa shape index (κ3) is 4.95. The van der Waals surface area contributed by atoms with Gasteiger partial charge in [0.05, 0.1) is 20.7 Å². The summed E-state index contributed by atoms with van der Waals surface area (Å²) >= 11 is 8.87. The van der Waals surface area contributed by atoms with Crippen LogP contribution in [0.4, 0.5) is 18.9 Å². The fourth-order valence-corrected chi connectivity index (χ4v) is 2.48. The van der Waals surface area contributed by atoms with E-state index in [0.29, 0.717) is 10.5 Å². The highest BCUT2D eigenvalue weighted by Crippen LogP contribution is 2.33. The monoisotopic (exact) mass is 439 g/mol. The van der Waals surface area contributed by atoms with Gasteiger partial charge in [0.2, 0.25) is 0 Å². The van der Waals surface area contributed by atoms with Gasteiger partial charge < -0.3 is 10.1 Å². The minimum absolute atomic E-state index is 0.0348. The van der Waals surface area contributed by atoms with Gasteiger partial charge in [-0.25, -0.2) is 4.79 Å². The highest BCUT2D eigenvalue weighted by atomic mass is 79.9. The maximum Gasteiger partial charge on any atom is 0.416 e. The van der Waals surface area contributed by atoms with Gasteiger partial charge in [-0.3, -0.25) is 9.48 Å². The van der Waals surface area contributed by atoms with Gasteiger partial charge in [-0.1, -0.05) is 11.6 Å². The van der Waals surface area contributed by atoms with Crippen molar-refractivity contribution in [3.8, 4) is 0 Å². The second-order valence-electron chi connectivity index (χ2n) is 4.82. The number of aryl methyl sites for hydroxylation is 1.